The molecule has 0 spiro atoms. The third-order valence-electron chi connectivity index (χ3n) is 3.65. The van der Waals surface area contributed by atoms with Crippen LogP contribution in [0.5, 0.6) is 0 Å². The summed E-state index contributed by atoms with van der Waals surface area (Å²) in [5, 5.41) is 15.0. The van der Waals surface area contributed by atoms with E-state index in [9.17, 15) is 14.7 Å². The minimum absolute atomic E-state index is 0.113. The zero-order valence-corrected chi connectivity index (χ0v) is 12.7. The van der Waals surface area contributed by atoms with Crippen LogP contribution in [0.1, 0.15) is 25.0 Å². The Bertz CT molecular complexity index is 480. The number of imidazole rings is 1. The average molecular weight is 312 g/mol. The van der Waals surface area contributed by atoms with Crippen LogP contribution in [0.3, 0.4) is 0 Å². The number of urea groups is 1. The minimum atomic E-state index is -1.06. The van der Waals surface area contributed by atoms with Gasteiger partial charge in [-0.05, 0) is 19.1 Å². The van der Waals surface area contributed by atoms with Gasteiger partial charge in [0, 0.05) is 29.6 Å². The molecule has 21 heavy (non-hydrogen) atoms. The molecule has 116 valence electrons. The lowest BCUT2D eigenvalue weighted by molar-refractivity contribution is -0.139. The first kappa shape index (κ1) is 15.7. The Hall–Kier alpha value is -1.70. The lowest BCUT2D eigenvalue weighted by Gasteiger charge is -2.21. The molecule has 0 bridgehead atoms. The van der Waals surface area contributed by atoms with Crippen LogP contribution in [0.25, 0.3) is 0 Å². The van der Waals surface area contributed by atoms with Crippen LogP contribution in [0.15, 0.2) is 12.5 Å². The van der Waals surface area contributed by atoms with Crippen molar-refractivity contribution in [1.82, 2.24) is 20.6 Å². The maximum atomic E-state index is 12.0. The number of thioether (sulfide) groups is 1. The molecule has 1 aromatic rings. The smallest absolute Gasteiger partial charge is 0.326 e. The number of carbonyl (C=O) groups is 2. The molecule has 0 aromatic carbocycles. The summed E-state index contributed by atoms with van der Waals surface area (Å²) in [6.07, 6.45) is 8.36. The molecule has 0 aliphatic heterocycles. The highest BCUT2D eigenvalue weighted by Gasteiger charge is 2.29. The Balaban J connectivity index is 1.87. The van der Waals surface area contributed by atoms with E-state index < -0.39 is 18.0 Å². The molecule has 1 fully saturated rings. The quantitative estimate of drug-likeness (QED) is 0.626. The van der Waals surface area contributed by atoms with Crippen LogP contribution in [0.4, 0.5) is 4.79 Å². The molecule has 8 heteroatoms. The molecule has 3 atom stereocenters. The van der Waals surface area contributed by atoms with Crippen molar-refractivity contribution in [1.29, 1.82) is 0 Å². The molecular weight excluding hydrogens is 292 g/mol. The van der Waals surface area contributed by atoms with Gasteiger partial charge in [-0.25, -0.2) is 14.6 Å². The second-order valence-electron chi connectivity index (χ2n) is 5.10. The van der Waals surface area contributed by atoms with Crippen molar-refractivity contribution < 1.29 is 14.7 Å². The summed E-state index contributed by atoms with van der Waals surface area (Å²) < 4.78 is 0. The Labute approximate surface area is 127 Å². The monoisotopic (exact) mass is 312 g/mol. The first-order chi connectivity index (χ1) is 10.1. The predicted molar refractivity (Wildman–Crippen MR) is 80.3 cm³/mol. The molecule has 2 rings (SSSR count). The van der Waals surface area contributed by atoms with Crippen LogP contribution < -0.4 is 10.6 Å². The van der Waals surface area contributed by atoms with Gasteiger partial charge in [-0.1, -0.05) is 6.42 Å². The van der Waals surface area contributed by atoms with E-state index in [-0.39, 0.29) is 12.5 Å². The molecule has 0 saturated heterocycles. The number of aromatic amines is 1. The highest BCUT2D eigenvalue weighted by molar-refractivity contribution is 7.99. The SMILES string of the molecule is CSC1CCCC1NC(=O)N[C@@H](Cc1cnc[nH]1)C(=O)O. The van der Waals surface area contributed by atoms with E-state index in [0.717, 1.165) is 19.3 Å². The van der Waals surface area contributed by atoms with Crippen molar-refractivity contribution in [3.05, 3.63) is 18.2 Å². The summed E-state index contributed by atoms with van der Waals surface area (Å²) in [4.78, 5) is 29.9. The van der Waals surface area contributed by atoms with Gasteiger partial charge in [0.1, 0.15) is 6.04 Å². The fourth-order valence-electron chi connectivity index (χ4n) is 2.56. The fraction of sp³-hybridized carbons (Fsp3) is 0.615. The number of aliphatic carboxylic acids is 1. The summed E-state index contributed by atoms with van der Waals surface area (Å²) in [6, 6.07) is -1.28. The number of nitrogens with zero attached hydrogens (tertiary/aromatic N) is 1. The number of carboxylic acid groups (broad SMARTS) is 1. The number of carbonyl (C=O) groups excluding carboxylic acids is 1. The highest BCUT2D eigenvalue weighted by Crippen LogP contribution is 2.28. The van der Waals surface area contributed by atoms with E-state index in [2.05, 4.69) is 20.6 Å². The van der Waals surface area contributed by atoms with Gasteiger partial charge in [0.15, 0.2) is 0 Å². The van der Waals surface area contributed by atoms with Crippen LogP contribution in [-0.2, 0) is 11.2 Å². The molecule has 7 nitrogen and oxygen atoms in total. The lowest BCUT2D eigenvalue weighted by Crippen LogP contribution is -2.51. The maximum Gasteiger partial charge on any atom is 0.326 e. The number of aromatic nitrogens is 2. The number of hydrogen-bond donors (Lipinski definition) is 4. The highest BCUT2D eigenvalue weighted by atomic mass is 32.2. The molecule has 2 amide bonds. The first-order valence-corrected chi connectivity index (χ1v) is 8.19. The number of rotatable bonds is 6. The fourth-order valence-corrected chi connectivity index (χ4v) is 3.49. The van der Waals surface area contributed by atoms with Gasteiger partial charge < -0.3 is 20.7 Å². The van der Waals surface area contributed by atoms with Crippen molar-refractivity contribution in [3.8, 4) is 0 Å². The summed E-state index contributed by atoms with van der Waals surface area (Å²) in [7, 11) is 0. The Morgan fingerprint density at radius 2 is 2.38 bits per heavy atom. The second-order valence-corrected chi connectivity index (χ2v) is 6.18. The molecule has 1 aliphatic rings. The standard InChI is InChI=1S/C13H20N4O3S/c1-21-11-4-2-3-9(11)16-13(20)17-10(12(18)19)5-8-6-14-7-15-8/h6-7,9-11H,2-5H2,1H3,(H,14,15)(H,18,19)(H2,16,17,20)/t9?,10-,11?/m0/s1. The third kappa shape index (κ3) is 4.38. The van der Waals surface area contributed by atoms with Crippen molar-refractivity contribution in [2.75, 3.05) is 6.26 Å². The van der Waals surface area contributed by atoms with Gasteiger partial charge in [-0.3, -0.25) is 0 Å². The van der Waals surface area contributed by atoms with E-state index in [1.807, 2.05) is 6.26 Å². The van der Waals surface area contributed by atoms with Gasteiger partial charge in [-0.2, -0.15) is 11.8 Å². The van der Waals surface area contributed by atoms with E-state index >= 15 is 0 Å². The number of nitrogens with one attached hydrogen (secondary N) is 3. The zero-order valence-electron chi connectivity index (χ0n) is 11.8. The average Bonchev–Trinajstić information content (AvgIpc) is 3.09. The van der Waals surface area contributed by atoms with E-state index in [4.69, 9.17) is 0 Å². The number of hydrogen-bond acceptors (Lipinski definition) is 4. The Kier molecular flexibility index (Phi) is 5.49. The van der Waals surface area contributed by atoms with Crippen molar-refractivity contribution in [3.63, 3.8) is 0 Å². The largest absolute Gasteiger partial charge is 0.480 e. The third-order valence-corrected chi connectivity index (χ3v) is 4.82. The van der Waals surface area contributed by atoms with E-state index in [0.29, 0.717) is 10.9 Å². The van der Waals surface area contributed by atoms with Crippen LogP contribution >= 0.6 is 11.8 Å². The molecule has 4 N–H and O–H groups in total. The molecule has 2 unspecified atom stereocenters. The molecule has 1 aliphatic carbocycles. The lowest BCUT2D eigenvalue weighted by atomic mass is 10.1. The van der Waals surface area contributed by atoms with Gasteiger partial charge >= 0.3 is 12.0 Å². The maximum absolute atomic E-state index is 12.0. The summed E-state index contributed by atoms with van der Waals surface area (Å²) in [5.41, 5.74) is 0.672. The van der Waals surface area contributed by atoms with Gasteiger partial charge in [0.05, 0.1) is 6.33 Å². The van der Waals surface area contributed by atoms with Crippen LogP contribution in [-0.4, -0.2) is 50.7 Å². The topological polar surface area (TPSA) is 107 Å². The van der Waals surface area contributed by atoms with Gasteiger partial charge in [-0.15, -0.1) is 0 Å². The minimum Gasteiger partial charge on any atom is -0.480 e. The van der Waals surface area contributed by atoms with Crippen molar-refractivity contribution in [2.45, 2.75) is 43.0 Å². The molecule has 1 aromatic heterocycles. The first-order valence-electron chi connectivity index (χ1n) is 6.90. The Morgan fingerprint density at radius 3 is 3.00 bits per heavy atom. The van der Waals surface area contributed by atoms with Crippen molar-refractivity contribution in [2.24, 2.45) is 0 Å². The van der Waals surface area contributed by atoms with E-state index in [1.165, 1.54) is 6.33 Å². The van der Waals surface area contributed by atoms with Gasteiger partial charge in [0.25, 0.3) is 0 Å². The zero-order chi connectivity index (χ0) is 15.2. The second kappa shape index (κ2) is 7.35. The normalized spacial score (nSPS) is 22.7. The van der Waals surface area contributed by atoms with Crippen LogP contribution in [0, 0.1) is 0 Å². The number of amides is 2. The molecular formula is C13H20N4O3S. The number of H-pyrrole nitrogens is 1. The molecule has 0 radical (unpaired) electrons. The summed E-state index contributed by atoms with van der Waals surface area (Å²) >= 11 is 1.74. The van der Waals surface area contributed by atoms with Crippen molar-refractivity contribution >= 4 is 23.8 Å². The predicted octanol–water partition coefficient (Wildman–Crippen LogP) is 0.989. The molecule has 1 heterocycles. The van der Waals surface area contributed by atoms with Gasteiger partial charge in [0.2, 0.25) is 0 Å². The Morgan fingerprint density at radius 1 is 1.57 bits per heavy atom. The van der Waals surface area contributed by atoms with Crippen LogP contribution in [0.2, 0.25) is 0 Å². The summed E-state index contributed by atoms with van der Waals surface area (Å²) in [5.74, 6) is -1.06. The number of carboxylic acids is 1. The van der Waals surface area contributed by atoms with E-state index in [1.54, 1.807) is 18.0 Å². The molecule has 1 saturated carbocycles. The summed E-state index contributed by atoms with van der Waals surface area (Å²) in [6.45, 7) is 0.